The van der Waals surface area contributed by atoms with Crippen molar-refractivity contribution in [1.82, 2.24) is 9.55 Å². The van der Waals surface area contributed by atoms with Gasteiger partial charge in [0.2, 0.25) is 0 Å². The minimum absolute atomic E-state index is 0.0377. The Morgan fingerprint density at radius 3 is 2.65 bits per heavy atom. The van der Waals surface area contributed by atoms with Crippen molar-refractivity contribution in [2.45, 2.75) is 12.6 Å². The zero-order valence-corrected chi connectivity index (χ0v) is 12.2. The van der Waals surface area contributed by atoms with Gasteiger partial charge in [0, 0.05) is 20.4 Å². The number of rotatable bonds is 8. The smallest absolute Gasteiger partial charge is 0.355 e. The molecule has 1 aromatic rings. The van der Waals surface area contributed by atoms with E-state index in [2.05, 4.69) is 4.98 Å². The molecule has 0 aromatic carbocycles. The predicted molar refractivity (Wildman–Crippen MR) is 71.4 cm³/mol. The highest BCUT2D eigenvalue weighted by Gasteiger charge is 2.24. The van der Waals surface area contributed by atoms with Crippen LogP contribution in [0.2, 0.25) is 0 Å². The van der Waals surface area contributed by atoms with Gasteiger partial charge in [-0.1, -0.05) is 0 Å². The van der Waals surface area contributed by atoms with Crippen molar-refractivity contribution in [1.29, 1.82) is 0 Å². The van der Waals surface area contributed by atoms with E-state index in [9.17, 15) is 14.5 Å². The third-order valence-corrected chi connectivity index (χ3v) is 4.10. The first-order valence-electron chi connectivity index (χ1n) is 5.70. The first-order valence-corrected chi connectivity index (χ1v) is 7.43. The highest BCUT2D eigenvalue weighted by molar-refractivity contribution is 7.53. The van der Waals surface area contributed by atoms with Gasteiger partial charge in [-0.3, -0.25) is 9.13 Å². The van der Waals surface area contributed by atoms with Gasteiger partial charge in [-0.2, -0.15) is 4.98 Å². The summed E-state index contributed by atoms with van der Waals surface area (Å²) in [5.74, 6) is 0.107. The molecule has 0 aliphatic heterocycles. The van der Waals surface area contributed by atoms with Crippen LogP contribution in [-0.4, -0.2) is 47.9 Å². The molecule has 9 nitrogen and oxygen atoms in total. The van der Waals surface area contributed by atoms with Gasteiger partial charge in [-0.15, -0.1) is 0 Å². The van der Waals surface area contributed by atoms with E-state index in [1.807, 2.05) is 0 Å². The van der Waals surface area contributed by atoms with Crippen LogP contribution in [0.3, 0.4) is 0 Å². The lowest BCUT2D eigenvalue weighted by molar-refractivity contribution is 0.0167. The van der Waals surface area contributed by atoms with E-state index in [1.165, 1.54) is 31.0 Å². The summed E-state index contributed by atoms with van der Waals surface area (Å²) < 4.78 is 27.7. The first-order chi connectivity index (χ1) is 9.44. The molecule has 0 aliphatic rings. The van der Waals surface area contributed by atoms with Crippen LogP contribution in [0.1, 0.15) is 0 Å². The van der Waals surface area contributed by atoms with Crippen molar-refractivity contribution in [3.63, 3.8) is 0 Å². The molecule has 0 bridgehead atoms. The van der Waals surface area contributed by atoms with E-state index >= 15 is 0 Å². The van der Waals surface area contributed by atoms with Gasteiger partial charge in [0.1, 0.15) is 12.2 Å². The molecule has 1 aromatic heterocycles. The van der Waals surface area contributed by atoms with Crippen molar-refractivity contribution < 1.29 is 23.5 Å². The average Bonchev–Trinajstić information content (AvgIpc) is 2.45. The molecule has 0 saturated carbocycles. The van der Waals surface area contributed by atoms with Crippen LogP contribution in [0.5, 0.6) is 0 Å². The maximum Gasteiger partial charge on any atom is 0.355 e. The Morgan fingerprint density at radius 1 is 1.50 bits per heavy atom. The molecule has 3 N–H and O–H groups in total. The van der Waals surface area contributed by atoms with Crippen LogP contribution in [0.4, 0.5) is 5.82 Å². The fourth-order valence-corrected chi connectivity index (χ4v) is 2.09. The number of ether oxygens (including phenoxy) is 1. The maximum atomic E-state index is 11.8. The molecule has 0 aliphatic carbocycles. The number of anilines is 1. The van der Waals surface area contributed by atoms with Crippen LogP contribution in [0.25, 0.3) is 0 Å². The second-order valence-corrected chi connectivity index (χ2v) is 6.07. The van der Waals surface area contributed by atoms with Crippen LogP contribution < -0.4 is 11.4 Å². The molecule has 0 fully saturated rings. The number of nitrogen functional groups attached to an aromatic ring is 1. The Hall–Kier alpha value is -1.25. The number of hydrogen-bond acceptors (Lipinski definition) is 8. The summed E-state index contributed by atoms with van der Waals surface area (Å²) in [6.45, 7) is -0.333. The number of aromatic nitrogens is 2. The topological polar surface area (TPSA) is 126 Å². The molecule has 1 rings (SSSR count). The number of hydrogen-bond donors (Lipinski definition) is 2. The standard InChI is InChI=1S/C10H18N3O6P/c1-17-20(16,18-2)7-19-8(6-14)5-13-4-3-9(11)12-10(13)15/h3-4,8,14H,5-7H2,1-2H3,(H2,11,12,15). The van der Waals surface area contributed by atoms with Crippen molar-refractivity contribution in [3.8, 4) is 0 Å². The van der Waals surface area contributed by atoms with Crippen LogP contribution >= 0.6 is 7.60 Å². The second-order valence-electron chi connectivity index (χ2n) is 3.86. The van der Waals surface area contributed by atoms with E-state index in [-0.39, 0.29) is 25.3 Å². The minimum Gasteiger partial charge on any atom is -0.394 e. The summed E-state index contributed by atoms with van der Waals surface area (Å²) in [6, 6.07) is 1.45. The molecular weight excluding hydrogens is 289 g/mol. The number of aliphatic hydroxyl groups is 1. The third-order valence-electron chi connectivity index (χ3n) is 2.52. The van der Waals surface area contributed by atoms with E-state index in [1.54, 1.807) is 0 Å². The third kappa shape index (κ3) is 4.69. The summed E-state index contributed by atoms with van der Waals surface area (Å²) in [4.78, 5) is 15.1. The quantitative estimate of drug-likeness (QED) is 0.624. The lowest BCUT2D eigenvalue weighted by atomic mass is 10.3. The zero-order valence-electron chi connectivity index (χ0n) is 11.3. The van der Waals surface area contributed by atoms with Gasteiger partial charge in [0.05, 0.1) is 19.3 Å². The fraction of sp³-hybridized carbons (Fsp3) is 0.600. The molecule has 20 heavy (non-hydrogen) atoms. The van der Waals surface area contributed by atoms with Crippen molar-refractivity contribution in [2.24, 2.45) is 0 Å². The molecule has 10 heteroatoms. The maximum absolute atomic E-state index is 11.8. The molecule has 114 valence electrons. The molecular formula is C10H18N3O6P. The van der Waals surface area contributed by atoms with Crippen molar-refractivity contribution >= 4 is 13.4 Å². The summed E-state index contributed by atoms with van der Waals surface area (Å²) in [5.41, 5.74) is 4.81. The van der Waals surface area contributed by atoms with Gasteiger partial charge >= 0.3 is 13.3 Å². The monoisotopic (exact) mass is 307 g/mol. The van der Waals surface area contributed by atoms with Crippen LogP contribution in [-0.2, 0) is 24.9 Å². The summed E-state index contributed by atoms with van der Waals surface area (Å²) in [5, 5.41) is 9.22. The zero-order chi connectivity index (χ0) is 15.2. The molecule has 0 saturated heterocycles. The molecule has 0 amide bonds. The van der Waals surface area contributed by atoms with E-state index in [0.717, 1.165) is 0 Å². The average molecular weight is 307 g/mol. The van der Waals surface area contributed by atoms with Gasteiger partial charge in [-0.05, 0) is 6.07 Å². The molecule has 0 spiro atoms. The highest BCUT2D eigenvalue weighted by Crippen LogP contribution is 2.46. The summed E-state index contributed by atoms with van der Waals surface area (Å²) in [6.07, 6.45) is 0.349. The van der Waals surface area contributed by atoms with E-state index in [4.69, 9.17) is 19.5 Å². The Labute approximate surface area is 115 Å². The lowest BCUT2D eigenvalue weighted by Crippen LogP contribution is -2.32. The number of nitrogens with two attached hydrogens (primary N) is 1. The molecule has 0 radical (unpaired) electrons. The first kappa shape index (κ1) is 16.8. The van der Waals surface area contributed by atoms with Crippen LogP contribution in [0.15, 0.2) is 17.1 Å². The van der Waals surface area contributed by atoms with E-state index in [0.29, 0.717) is 0 Å². The van der Waals surface area contributed by atoms with Crippen molar-refractivity contribution in [2.75, 3.05) is 32.9 Å². The van der Waals surface area contributed by atoms with Gasteiger partial charge in [-0.25, -0.2) is 4.79 Å². The SMILES string of the molecule is COP(=O)(COC(CO)Cn1ccc(N)nc1=O)OC. The lowest BCUT2D eigenvalue weighted by Gasteiger charge is -2.19. The molecule has 1 atom stereocenters. The fourth-order valence-electron chi connectivity index (χ4n) is 1.34. The van der Waals surface area contributed by atoms with Crippen LogP contribution in [0, 0.1) is 0 Å². The Balaban J connectivity index is 2.68. The summed E-state index contributed by atoms with van der Waals surface area (Å²) in [7, 11) is -0.865. The largest absolute Gasteiger partial charge is 0.394 e. The summed E-state index contributed by atoms with van der Waals surface area (Å²) >= 11 is 0. The normalized spacial score (nSPS) is 13.3. The Kier molecular flexibility index (Phi) is 6.31. The van der Waals surface area contributed by atoms with E-state index < -0.39 is 19.4 Å². The van der Waals surface area contributed by atoms with Crippen molar-refractivity contribution in [3.05, 3.63) is 22.7 Å². The highest BCUT2D eigenvalue weighted by atomic mass is 31.2. The van der Waals surface area contributed by atoms with Gasteiger partial charge < -0.3 is 24.6 Å². The second kappa shape index (κ2) is 7.51. The predicted octanol–water partition coefficient (Wildman–Crippen LogP) is -0.354. The Bertz CT molecular complexity index is 526. The molecule has 1 heterocycles. The van der Waals surface area contributed by atoms with Gasteiger partial charge in [0.15, 0.2) is 0 Å². The minimum atomic E-state index is -3.33. The van der Waals surface area contributed by atoms with Gasteiger partial charge in [0.25, 0.3) is 0 Å². The number of aliphatic hydroxyl groups excluding tert-OH is 1. The molecule has 1 unspecified atom stereocenters. The number of nitrogens with zero attached hydrogens (tertiary/aromatic N) is 2. The Morgan fingerprint density at radius 2 is 2.15 bits per heavy atom.